The Balaban J connectivity index is 1.75. The summed E-state index contributed by atoms with van der Waals surface area (Å²) in [7, 11) is -4.42. The number of anilines is 1. The Kier molecular flexibility index (Phi) is 6.46. The highest BCUT2D eigenvalue weighted by molar-refractivity contribution is 7.92. The van der Waals surface area contributed by atoms with E-state index < -0.39 is 38.6 Å². The number of β-amino-alcohol motifs (C(OH)–C–C–N with tert-alkyl or cyclic N) is 1. The van der Waals surface area contributed by atoms with Crippen LogP contribution in [0.1, 0.15) is 22.3 Å². The van der Waals surface area contributed by atoms with Gasteiger partial charge in [0.1, 0.15) is 5.82 Å². The lowest BCUT2D eigenvalue weighted by molar-refractivity contribution is -0.137. The lowest BCUT2D eigenvalue weighted by Crippen LogP contribution is -2.42. The zero-order chi connectivity index (χ0) is 24.7. The summed E-state index contributed by atoms with van der Waals surface area (Å²) in [6, 6.07) is 12.5. The van der Waals surface area contributed by atoms with Gasteiger partial charge in [0.25, 0.3) is 10.0 Å². The molecule has 0 aliphatic carbocycles. The van der Waals surface area contributed by atoms with Crippen molar-refractivity contribution in [1.29, 1.82) is 0 Å². The lowest BCUT2D eigenvalue weighted by atomic mass is 9.99. The van der Waals surface area contributed by atoms with Crippen LogP contribution in [0.5, 0.6) is 0 Å². The van der Waals surface area contributed by atoms with Crippen molar-refractivity contribution in [1.82, 2.24) is 0 Å². The zero-order valence-electron chi connectivity index (χ0n) is 17.4. The van der Waals surface area contributed by atoms with Gasteiger partial charge in [-0.2, -0.15) is 13.2 Å². The first-order valence-corrected chi connectivity index (χ1v) is 11.9. The van der Waals surface area contributed by atoms with Crippen LogP contribution in [0, 0.1) is 5.82 Å². The van der Waals surface area contributed by atoms with E-state index in [1.165, 1.54) is 30.3 Å². The Morgan fingerprint density at radius 2 is 1.76 bits per heavy atom. The van der Waals surface area contributed by atoms with Crippen LogP contribution in [0.2, 0.25) is 5.02 Å². The normalized spacial score (nSPS) is 16.6. The quantitative estimate of drug-likeness (QED) is 0.357. The Morgan fingerprint density at radius 3 is 2.47 bits per heavy atom. The van der Waals surface area contributed by atoms with Crippen molar-refractivity contribution >= 4 is 39.5 Å². The Bertz CT molecular complexity index is 1350. The third-order valence-corrected chi connectivity index (χ3v) is 7.51. The molecule has 0 amide bonds. The highest BCUT2D eigenvalue weighted by atomic mass is 35.5. The third-order valence-electron chi connectivity index (χ3n) is 5.40. The number of benzene rings is 3. The first-order valence-electron chi connectivity index (χ1n) is 10.1. The maximum atomic E-state index is 14.1. The van der Waals surface area contributed by atoms with Crippen LogP contribution in [0.3, 0.4) is 0 Å². The Labute approximate surface area is 198 Å². The van der Waals surface area contributed by atoms with Gasteiger partial charge in [-0.05, 0) is 53.6 Å². The Morgan fingerprint density at radius 1 is 1.03 bits per heavy atom. The maximum Gasteiger partial charge on any atom is 0.416 e. The number of alkyl halides is 3. The van der Waals surface area contributed by atoms with Crippen LogP contribution in [0.15, 0.2) is 65.6 Å². The molecule has 0 bridgehead atoms. The van der Waals surface area contributed by atoms with E-state index in [9.17, 15) is 31.1 Å². The number of rotatable bonds is 4. The topological polar surface area (TPSA) is 57.6 Å². The first kappa shape index (κ1) is 24.3. The maximum absolute atomic E-state index is 14.1. The summed E-state index contributed by atoms with van der Waals surface area (Å²) in [4.78, 5) is -0.540. The molecule has 0 radical (unpaired) electrons. The molecule has 1 atom stereocenters. The summed E-state index contributed by atoms with van der Waals surface area (Å²) >= 11 is 6.04. The summed E-state index contributed by atoms with van der Waals surface area (Å²) in [5, 5.41) is 10.4. The van der Waals surface area contributed by atoms with Gasteiger partial charge in [-0.3, -0.25) is 4.31 Å². The fourth-order valence-corrected chi connectivity index (χ4v) is 5.54. The third kappa shape index (κ3) is 4.82. The molecule has 4 nitrogen and oxygen atoms in total. The van der Waals surface area contributed by atoms with Crippen molar-refractivity contribution in [2.75, 3.05) is 10.8 Å². The van der Waals surface area contributed by atoms with Gasteiger partial charge in [0.2, 0.25) is 0 Å². The van der Waals surface area contributed by atoms with Crippen LogP contribution >= 0.6 is 11.6 Å². The summed E-state index contributed by atoms with van der Waals surface area (Å²) in [5.74, 6) is -0.529. The summed E-state index contributed by atoms with van der Waals surface area (Å²) in [6.45, 7) is -0.322. The smallest absolute Gasteiger partial charge is 0.391 e. The second kappa shape index (κ2) is 9.05. The highest BCUT2D eigenvalue weighted by Gasteiger charge is 2.35. The van der Waals surface area contributed by atoms with Crippen molar-refractivity contribution < 1.29 is 31.1 Å². The minimum Gasteiger partial charge on any atom is -0.391 e. The average molecular weight is 512 g/mol. The van der Waals surface area contributed by atoms with E-state index in [4.69, 9.17) is 11.6 Å². The van der Waals surface area contributed by atoms with E-state index in [1.807, 2.05) is 0 Å². The number of aliphatic hydroxyl groups is 1. The molecular weight excluding hydrogens is 494 g/mol. The molecule has 1 heterocycles. The fourth-order valence-electron chi connectivity index (χ4n) is 3.73. The van der Waals surface area contributed by atoms with E-state index in [-0.39, 0.29) is 29.2 Å². The van der Waals surface area contributed by atoms with Crippen molar-refractivity contribution in [2.45, 2.75) is 23.6 Å². The van der Waals surface area contributed by atoms with Gasteiger partial charge in [-0.15, -0.1) is 0 Å². The minimum atomic E-state index is -4.71. The standard InChI is InChI=1S/C24H18ClF4NO3S/c25-21-5-2-6-22(26)20(21)10-8-15-7-9-16-12-18(31)14-30(23(16)11-15)34(32,33)19-4-1-3-17(13-19)24(27,28)29/h1-11,13,18,31H,12,14H2/t18-/m1/s1. The van der Waals surface area contributed by atoms with E-state index in [0.717, 1.165) is 22.5 Å². The molecule has 0 unspecified atom stereocenters. The van der Waals surface area contributed by atoms with E-state index >= 15 is 0 Å². The Hall–Kier alpha value is -2.88. The van der Waals surface area contributed by atoms with Crippen LogP contribution in [0.4, 0.5) is 23.2 Å². The van der Waals surface area contributed by atoms with Gasteiger partial charge >= 0.3 is 6.18 Å². The van der Waals surface area contributed by atoms with Gasteiger partial charge < -0.3 is 5.11 Å². The summed E-state index contributed by atoms with van der Waals surface area (Å²) in [5.41, 5.74) is 0.314. The minimum absolute atomic E-state index is 0.158. The molecule has 0 saturated heterocycles. The average Bonchev–Trinajstić information content (AvgIpc) is 2.78. The molecule has 0 aromatic heterocycles. The second-order valence-electron chi connectivity index (χ2n) is 7.78. The lowest BCUT2D eigenvalue weighted by Gasteiger charge is -2.33. The van der Waals surface area contributed by atoms with Crippen LogP contribution in [0.25, 0.3) is 12.2 Å². The van der Waals surface area contributed by atoms with E-state index in [1.54, 1.807) is 18.2 Å². The summed E-state index contributed by atoms with van der Waals surface area (Å²) < 4.78 is 81.0. The SMILES string of the molecule is O=S(=O)(c1cccc(C(F)(F)F)c1)N1C[C@H](O)Cc2ccc(C=Cc3c(F)cccc3Cl)cc21. The van der Waals surface area contributed by atoms with Gasteiger partial charge in [-0.25, -0.2) is 12.8 Å². The van der Waals surface area contributed by atoms with Gasteiger partial charge in [0.15, 0.2) is 0 Å². The molecule has 1 N–H and O–H groups in total. The molecule has 34 heavy (non-hydrogen) atoms. The molecular formula is C24H18ClF4NO3S. The van der Waals surface area contributed by atoms with Crippen molar-refractivity contribution in [3.05, 3.63) is 93.8 Å². The van der Waals surface area contributed by atoms with Crippen LogP contribution in [-0.2, 0) is 22.6 Å². The highest BCUT2D eigenvalue weighted by Crippen LogP contribution is 2.36. The molecule has 1 aliphatic rings. The predicted molar refractivity (Wildman–Crippen MR) is 122 cm³/mol. The van der Waals surface area contributed by atoms with E-state index in [2.05, 4.69) is 0 Å². The van der Waals surface area contributed by atoms with Gasteiger partial charge in [-0.1, -0.05) is 41.9 Å². The number of hydrogen-bond acceptors (Lipinski definition) is 3. The van der Waals surface area contributed by atoms with Crippen molar-refractivity contribution in [3.8, 4) is 0 Å². The van der Waals surface area contributed by atoms with Crippen molar-refractivity contribution in [2.24, 2.45) is 0 Å². The monoisotopic (exact) mass is 511 g/mol. The number of hydrogen-bond donors (Lipinski definition) is 1. The molecule has 0 saturated carbocycles. The van der Waals surface area contributed by atoms with Crippen molar-refractivity contribution in [3.63, 3.8) is 0 Å². The number of aliphatic hydroxyl groups excluding tert-OH is 1. The zero-order valence-corrected chi connectivity index (χ0v) is 19.0. The number of sulfonamides is 1. The molecule has 0 fully saturated rings. The van der Waals surface area contributed by atoms with Crippen LogP contribution < -0.4 is 4.31 Å². The molecule has 3 aromatic carbocycles. The molecule has 1 aliphatic heterocycles. The first-order chi connectivity index (χ1) is 16.0. The molecule has 4 rings (SSSR count). The molecule has 3 aromatic rings. The van der Waals surface area contributed by atoms with Gasteiger partial charge in [0.05, 0.1) is 33.8 Å². The number of halogens is 5. The van der Waals surface area contributed by atoms with Crippen LogP contribution in [-0.4, -0.2) is 26.2 Å². The number of nitrogens with zero attached hydrogens (tertiary/aromatic N) is 1. The predicted octanol–water partition coefficient (Wildman–Crippen LogP) is 5.78. The number of fused-ring (bicyclic) bond motifs is 1. The fraction of sp³-hybridized carbons (Fsp3) is 0.167. The summed E-state index contributed by atoms with van der Waals surface area (Å²) in [6.07, 6.45) is -2.58. The largest absolute Gasteiger partial charge is 0.416 e. The van der Waals surface area contributed by atoms with E-state index in [0.29, 0.717) is 17.2 Å². The second-order valence-corrected chi connectivity index (χ2v) is 10.0. The molecule has 178 valence electrons. The molecule has 0 spiro atoms. The van der Waals surface area contributed by atoms with Gasteiger partial charge in [0, 0.05) is 12.0 Å². The molecule has 10 heteroatoms.